The molecule has 8 aromatic rings. The Morgan fingerprint density at radius 3 is 0.598 bits per heavy atom. The van der Waals surface area contributed by atoms with Gasteiger partial charge in [0.25, 0.3) is 0 Å². The number of hydrogen-bond acceptors (Lipinski definition) is 20. The third-order valence-electron chi connectivity index (χ3n) is 19.0. The van der Waals surface area contributed by atoms with E-state index in [0.717, 1.165) is 44.5 Å². The van der Waals surface area contributed by atoms with E-state index in [-0.39, 0.29) is 72.4 Å². The zero-order valence-electron chi connectivity index (χ0n) is 59.0. The van der Waals surface area contributed by atoms with E-state index in [1.54, 1.807) is 149 Å². The van der Waals surface area contributed by atoms with Gasteiger partial charge in [-0.25, -0.2) is 38.4 Å². The fourth-order valence-electron chi connectivity index (χ4n) is 15.2. The van der Waals surface area contributed by atoms with Gasteiger partial charge in [-0.1, -0.05) is 128 Å². The molecular formula is C82H80O20. The van der Waals surface area contributed by atoms with Crippen LogP contribution < -0.4 is 37.9 Å². The van der Waals surface area contributed by atoms with E-state index in [0.29, 0.717) is 47.9 Å². The molecule has 102 heavy (non-hydrogen) atoms. The molecule has 0 unspecified atom stereocenters. The maximum absolute atomic E-state index is 13.6. The second-order valence-corrected chi connectivity index (χ2v) is 27.9. The van der Waals surface area contributed by atoms with E-state index in [1.165, 1.54) is 0 Å². The van der Waals surface area contributed by atoms with Gasteiger partial charge in [0, 0.05) is 10.8 Å². The third kappa shape index (κ3) is 14.5. The molecule has 8 aromatic carbocycles. The average Bonchev–Trinajstić information content (AvgIpc) is 1.53. The molecule has 4 aliphatic rings. The Kier molecular flexibility index (Phi) is 20.3. The molecule has 0 N–H and O–H groups in total. The SMILES string of the molecule is CC1(C)CC2(CC(C)(C)c3cc(OC(=O)c4ccccc4)c(OC(=O)c4ccccc4)cc32)c2cc(OC(=O)c3ccccc3)c(OC(=O)c3ccccc3)cc21.CCOC(=O)Oc1cc2c(cc1OC(=O)OCC)C1(CC2(C)C)CC(C)(C)c2cc(OC(=O)OCC)c(OC(=O)OCC)cc21. The summed E-state index contributed by atoms with van der Waals surface area (Å²) in [4.78, 5) is 104. The van der Waals surface area contributed by atoms with Crippen molar-refractivity contribution in [2.45, 2.75) is 141 Å². The number of carbonyl (C=O) groups is 8. The van der Waals surface area contributed by atoms with Crippen LogP contribution in [0.5, 0.6) is 46.0 Å². The summed E-state index contributed by atoms with van der Waals surface area (Å²) in [5.74, 6) is -1.98. The molecule has 0 atom stereocenters. The summed E-state index contributed by atoms with van der Waals surface area (Å²) in [5.41, 5.74) is 5.20. The fourth-order valence-corrected chi connectivity index (χ4v) is 15.2. The molecule has 0 bridgehead atoms. The topological polar surface area (TPSA) is 247 Å². The second kappa shape index (κ2) is 28.8. The van der Waals surface area contributed by atoms with Crippen LogP contribution in [0.4, 0.5) is 19.2 Å². The van der Waals surface area contributed by atoms with Crippen molar-refractivity contribution in [3.05, 3.63) is 237 Å². The smallest absolute Gasteiger partial charge is 0.434 e. The summed E-state index contributed by atoms with van der Waals surface area (Å²) < 4.78 is 66.2. The van der Waals surface area contributed by atoms with E-state index in [4.69, 9.17) is 56.8 Å². The standard InChI is InChI=1S/C49H40O8.C33H40O12/c1-47(2)29-49(37-27-41(56-45(52)33-21-13-7-14-22-33)39(25-35(37)47)54-43(50)31-17-9-5-10-18-31)30-48(3,4)36-26-40(55-44(51)32-19-11-6-12-20-32)42(28-38(36)49)57-46(53)34-23-15-8-16-24-34;1-9-38-27(34)42-23-13-19-21(15-25(23)44-29(36)40-11-3)33(17-31(19,5)6)18-32(7,8)20-14-24(43-28(35)39-10-2)26(16-22(20)33)45-30(37)41-12-4/h5-28H,29-30H2,1-4H3;13-16H,9-12,17-18H2,1-8H3. The van der Waals surface area contributed by atoms with Crippen molar-refractivity contribution in [1.82, 2.24) is 0 Å². The first-order valence-electron chi connectivity index (χ1n) is 33.8. The molecular weight excluding hydrogens is 1300 g/mol. The highest BCUT2D eigenvalue weighted by molar-refractivity contribution is 5.95. The Morgan fingerprint density at radius 1 is 0.255 bits per heavy atom. The van der Waals surface area contributed by atoms with Gasteiger partial charge in [-0.2, -0.15) is 0 Å². The zero-order chi connectivity index (χ0) is 73.1. The molecule has 2 spiro atoms. The number of rotatable bonds is 16. The quantitative estimate of drug-likeness (QED) is 0.0377. The number of fused-ring (bicyclic) bond motifs is 8. The van der Waals surface area contributed by atoms with Crippen molar-refractivity contribution < 1.29 is 95.2 Å². The summed E-state index contributed by atoms with van der Waals surface area (Å²) in [6, 6.07) is 48.6. The number of carbonyl (C=O) groups excluding carboxylic acids is 8. The van der Waals surface area contributed by atoms with Crippen LogP contribution in [0.1, 0.15) is 195 Å². The summed E-state index contributed by atoms with van der Waals surface area (Å²) in [6.07, 6.45) is -1.36. The molecule has 0 fully saturated rings. The maximum Gasteiger partial charge on any atom is 0.513 e. The van der Waals surface area contributed by atoms with Crippen LogP contribution in [0.25, 0.3) is 0 Å². The lowest BCUT2D eigenvalue weighted by atomic mass is 9.72. The molecule has 4 aliphatic carbocycles. The van der Waals surface area contributed by atoms with E-state index in [9.17, 15) is 38.4 Å². The van der Waals surface area contributed by atoms with Gasteiger partial charge < -0.3 is 56.8 Å². The van der Waals surface area contributed by atoms with Crippen LogP contribution in [-0.2, 0) is 51.4 Å². The molecule has 528 valence electrons. The number of hydrogen-bond donors (Lipinski definition) is 0. The van der Waals surface area contributed by atoms with Crippen molar-refractivity contribution in [1.29, 1.82) is 0 Å². The lowest BCUT2D eigenvalue weighted by molar-refractivity contribution is 0.0682. The molecule has 20 nitrogen and oxygen atoms in total. The lowest BCUT2D eigenvalue weighted by Gasteiger charge is -2.30. The minimum absolute atomic E-state index is 0.00683. The molecule has 20 heteroatoms. The molecule has 0 aliphatic heterocycles. The summed E-state index contributed by atoms with van der Waals surface area (Å²) in [5, 5.41) is 0. The first kappa shape index (κ1) is 72.0. The molecule has 0 saturated carbocycles. The van der Waals surface area contributed by atoms with Gasteiger partial charge >= 0.3 is 48.5 Å². The van der Waals surface area contributed by atoms with Crippen LogP contribution >= 0.6 is 0 Å². The Hall–Kier alpha value is -11.3. The highest BCUT2D eigenvalue weighted by Crippen LogP contribution is 2.67. The molecule has 12 rings (SSSR count). The number of esters is 4. The highest BCUT2D eigenvalue weighted by Gasteiger charge is 2.59. The monoisotopic (exact) mass is 1380 g/mol. The van der Waals surface area contributed by atoms with Crippen LogP contribution in [-0.4, -0.2) is 74.9 Å². The minimum Gasteiger partial charge on any atom is -0.434 e. The second-order valence-electron chi connectivity index (χ2n) is 27.9. The van der Waals surface area contributed by atoms with Crippen LogP contribution in [0.15, 0.2) is 170 Å². The maximum atomic E-state index is 13.6. The normalized spacial score (nSPS) is 15.6. The fraction of sp³-hybridized carbons (Fsp3) is 0.317. The zero-order valence-corrected chi connectivity index (χ0v) is 59.0. The van der Waals surface area contributed by atoms with E-state index >= 15 is 0 Å². The Balaban J connectivity index is 0.000000211. The average molecular weight is 1390 g/mol. The van der Waals surface area contributed by atoms with Gasteiger partial charge in [0.1, 0.15) is 0 Å². The molecule has 0 heterocycles. The Bertz CT molecular complexity index is 4280. The van der Waals surface area contributed by atoms with Crippen molar-refractivity contribution in [3.8, 4) is 46.0 Å². The molecule has 0 amide bonds. The van der Waals surface area contributed by atoms with Crippen molar-refractivity contribution in [2.75, 3.05) is 26.4 Å². The van der Waals surface area contributed by atoms with Crippen molar-refractivity contribution >= 4 is 48.5 Å². The predicted molar refractivity (Wildman–Crippen MR) is 374 cm³/mol. The summed E-state index contributed by atoms with van der Waals surface area (Å²) >= 11 is 0. The number of benzene rings is 8. The van der Waals surface area contributed by atoms with Crippen molar-refractivity contribution in [3.63, 3.8) is 0 Å². The van der Waals surface area contributed by atoms with Crippen LogP contribution in [0.2, 0.25) is 0 Å². The van der Waals surface area contributed by atoms with Crippen LogP contribution in [0.3, 0.4) is 0 Å². The molecule has 0 aromatic heterocycles. The van der Waals surface area contributed by atoms with E-state index in [1.807, 2.05) is 48.5 Å². The third-order valence-corrected chi connectivity index (χ3v) is 19.0. The predicted octanol–water partition coefficient (Wildman–Crippen LogP) is 17.7. The van der Waals surface area contributed by atoms with Gasteiger partial charge in [0.15, 0.2) is 46.0 Å². The Labute approximate surface area is 591 Å². The van der Waals surface area contributed by atoms with E-state index < -0.39 is 81.0 Å². The lowest BCUT2D eigenvalue weighted by Crippen LogP contribution is -2.27. The summed E-state index contributed by atoms with van der Waals surface area (Å²) in [7, 11) is 0. The largest absolute Gasteiger partial charge is 0.513 e. The van der Waals surface area contributed by atoms with Gasteiger partial charge in [-0.05, 0) is 217 Å². The highest BCUT2D eigenvalue weighted by atomic mass is 16.8. The van der Waals surface area contributed by atoms with Crippen molar-refractivity contribution in [2.24, 2.45) is 0 Å². The van der Waals surface area contributed by atoms with Gasteiger partial charge in [0.2, 0.25) is 0 Å². The van der Waals surface area contributed by atoms with Gasteiger partial charge in [-0.15, -0.1) is 0 Å². The summed E-state index contributed by atoms with van der Waals surface area (Å²) in [6.45, 7) is 23.7. The van der Waals surface area contributed by atoms with E-state index in [2.05, 4.69) is 55.4 Å². The first-order chi connectivity index (χ1) is 48.5. The van der Waals surface area contributed by atoms with Gasteiger partial charge in [0.05, 0.1) is 48.7 Å². The Morgan fingerprint density at radius 2 is 0.422 bits per heavy atom. The molecule has 0 saturated heterocycles. The molecule has 0 radical (unpaired) electrons. The van der Waals surface area contributed by atoms with Gasteiger partial charge in [-0.3, -0.25) is 0 Å². The minimum atomic E-state index is -0.963. The number of ether oxygens (including phenoxy) is 12. The first-order valence-corrected chi connectivity index (χ1v) is 33.8. The van der Waals surface area contributed by atoms with Crippen LogP contribution in [0, 0.1) is 0 Å².